The van der Waals surface area contributed by atoms with E-state index >= 15 is 0 Å². The molecular formula is C16H18BrN5. The van der Waals surface area contributed by atoms with Crippen molar-refractivity contribution in [3.8, 4) is 0 Å². The molecule has 0 aliphatic heterocycles. The Hall–Kier alpha value is -1.95. The Morgan fingerprint density at radius 1 is 1.23 bits per heavy atom. The molecule has 0 fully saturated rings. The Kier molecular flexibility index (Phi) is 4.68. The van der Waals surface area contributed by atoms with Gasteiger partial charge in [0.15, 0.2) is 5.65 Å². The molecule has 0 saturated heterocycles. The zero-order valence-corrected chi connectivity index (χ0v) is 14.0. The minimum absolute atomic E-state index is 0.193. The van der Waals surface area contributed by atoms with Crippen molar-refractivity contribution >= 4 is 32.8 Å². The van der Waals surface area contributed by atoms with Crippen LogP contribution in [0.2, 0.25) is 0 Å². The highest BCUT2D eigenvalue weighted by atomic mass is 79.9. The lowest BCUT2D eigenvalue weighted by Gasteiger charge is -2.11. The molecule has 3 rings (SSSR count). The molecule has 0 aliphatic carbocycles. The van der Waals surface area contributed by atoms with E-state index in [1.54, 1.807) is 6.33 Å². The van der Waals surface area contributed by atoms with Gasteiger partial charge in [-0.3, -0.25) is 0 Å². The van der Waals surface area contributed by atoms with E-state index in [1.807, 2.05) is 29.1 Å². The summed E-state index contributed by atoms with van der Waals surface area (Å²) >= 11 is 3.73. The van der Waals surface area contributed by atoms with Crippen LogP contribution in [0.15, 0.2) is 42.9 Å². The maximum Gasteiger partial charge on any atom is 0.163 e. The molecule has 5 nitrogen and oxygen atoms in total. The largest absolute Gasteiger partial charge is 0.369 e. The molecule has 6 heteroatoms. The van der Waals surface area contributed by atoms with Crippen LogP contribution < -0.4 is 5.32 Å². The fraction of sp³-hybridized carbons (Fsp3) is 0.312. The number of nitrogens with zero attached hydrogens (tertiary/aromatic N) is 4. The predicted molar refractivity (Wildman–Crippen MR) is 92.2 cm³/mol. The standard InChI is InChI=1S/C16H18BrN5/c1-2-8-18-15-13-9-21-22(16(13)20-11-19-15)10-14(17)12-6-4-3-5-7-12/h3-7,9,11,14H,2,8,10H2,1H3,(H,18,19,20). The van der Waals surface area contributed by atoms with E-state index in [2.05, 4.69) is 55.4 Å². The fourth-order valence-electron chi connectivity index (χ4n) is 2.33. The lowest BCUT2D eigenvalue weighted by Crippen LogP contribution is -2.07. The molecule has 0 bridgehead atoms. The van der Waals surface area contributed by atoms with Gasteiger partial charge in [-0.05, 0) is 12.0 Å². The van der Waals surface area contributed by atoms with Crippen LogP contribution in [0.25, 0.3) is 11.0 Å². The van der Waals surface area contributed by atoms with Crippen LogP contribution >= 0.6 is 15.9 Å². The van der Waals surface area contributed by atoms with E-state index in [-0.39, 0.29) is 4.83 Å². The minimum atomic E-state index is 0.193. The molecule has 2 aromatic heterocycles. The van der Waals surface area contributed by atoms with Crippen LogP contribution in [0.5, 0.6) is 0 Å². The number of nitrogens with one attached hydrogen (secondary N) is 1. The topological polar surface area (TPSA) is 55.6 Å². The molecule has 0 amide bonds. The molecule has 1 unspecified atom stereocenters. The SMILES string of the molecule is CCCNc1ncnc2c1cnn2CC(Br)c1ccccc1. The number of benzene rings is 1. The highest BCUT2D eigenvalue weighted by Gasteiger charge is 2.13. The molecular weight excluding hydrogens is 342 g/mol. The first-order valence-corrected chi connectivity index (χ1v) is 8.30. The molecule has 1 N–H and O–H groups in total. The molecule has 22 heavy (non-hydrogen) atoms. The summed E-state index contributed by atoms with van der Waals surface area (Å²) in [5.74, 6) is 0.851. The number of anilines is 1. The van der Waals surface area contributed by atoms with Gasteiger partial charge in [0.25, 0.3) is 0 Å². The summed E-state index contributed by atoms with van der Waals surface area (Å²) < 4.78 is 1.92. The van der Waals surface area contributed by atoms with Gasteiger partial charge in [-0.2, -0.15) is 5.10 Å². The van der Waals surface area contributed by atoms with Gasteiger partial charge in [-0.15, -0.1) is 0 Å². The number of fused-ring (bicyclic) bond motifs is 1. The second-order valence-electron chi connectivity index (χ2n) is 5.09. The molecule has 0 spiro atoms. The zero-order chi connectivity index (χ0) is 15.4. The third kappa shape index (κ3) is 3.11. The quantitative estimate of drug-likeness (QED) is 0.680. The molecule has 114 valence electrons. The first-order valence-electron chi connectivity index (χ1n) is 7.39. The van der Waals surface area contributed by atoms with E-state index in [0.717, 1.165) is 36.4 Å². The van der Waals surface area contributed by atoms with Crippen molar-refractivity contribution in [2.75, 3.05) is 11.9 Å². The fourth-order valence-corrected chi connectivity index (χ4v) is 2.91. The first-order chi connectivity index (χ1) is 10.8. The lowest BCUT2D eigenvalue weighted by molar-refractivity contribution is 0.626. The summed E-state index contributed by atoms with van der Waals surface area (Å²) in [6, 6.07) is 10.3. The highest BCUT2D eigenvalue weighted by molar-refractivity contribution is 9.09. The highest BCUT2D eigenvalue weighted by Crippen LogP contribution is 2.26. The number of halogens is 1. The van der Waals surface area contributed by atoms with Crippen molar-refractivity contribution in [1.29, 1.82) is 0 Å². The normalized spacial score (nSPS) is 12.5. The summed E-state index contributed by atoms with van der Waals surface area (Å²) in [5.41, 5.74) is 2.08. The van der Waals surface area contributed by atoms with E-state index in [9.17, 15) is 0 Å². The zero-order valence-electron chi connectivity index (χ0n) is 12.4. The Bertz CT molecular complexity index is 741. The average molecular weight is 360 g/mol. The summed E-state index contributed by atoms with van der Waals surface area (Å²) in [4.78, 5) is 8.89. The summed E-state index contributed by atoms with van der Waals surface area (Å²) in [6.07, 6.45) is 4.47. The first kappa shape index (κ1) is 15.0. The third-order valence-corrected chi connectivity index (χ3v) is 4.29. The smallest absolute Gasteiger partial charge is 0.163 e. The predicted octanol–water partition coefficient (Wildman–Crippen LogP) is 3.78. The summed E-state index contributed by atoms with van der Waals surface area (Å²) in [5, 5.41) is 8.75. The summed E-state index contributed by atoms with van der Waals surface area (Å²) in [7, 11) is 0. The van der Waals surface area contributed by atoms with E-state index < -0.39 is 0 Å². The van der Waals surface area contributed by atoms with Crippen LogP contribution in [0.3, 0.4) is 0 Å². The van der Waals surface area contributed by atoms with Crippen molar-refractivity contribution in [2.45, 2.75) is 24.7 Å². The van der Waals surface area contributed by atoms with E-state index in [1.165, 1.54) is 5.56 Å². The monoisotopic (exact) mass is 359 g/mol. The Labute approximate surface area is 137 Å². The Balaban J connectivity index is 1.86. The van der Waals surface area contributed by atoms with Gasteiger partial charge in [0, 0.05) is 6.54 Å². The summed E-state index contributed by atoms with van der Waals surface area (Å²) in [6.45, 7) is 3.74. The lowest BCUT2D eigenvalue weighted by atomic mass is 10.1. The van der Waals surface area contributed by atoms with Gasteiger partial charge in [-0.25, -0.2) is 14.6 Å². The van der Waals surface area contributed by atoms with Crippen LogP contribution in [0.4, 0.5) is 5.82 Å². The molecule has 0 radical (unpaired) electrons. The number of hydrogen-bond donors (Lipinski definition) is 1. The van der Waals surface area contributed by atoms with Gasteiger partial charge in [-0.1, -0.05) is 53.2 Å². The number of alkyl halides is 1. The van der Waals surface area contributed by atoms with Crippen LogP contribution in [0.1, 0.15) is 23.7 Å². The van der Waals surface area contributed by atoms with Crippen LogP contribution in [-0.4, -0.2) is 26.3 Å². The average Bonchev–Trinajstić information content (AvgIpc) is 2.97. The third-order valence-electron chi connectivity index (χ3n) is 3.47. The molecule has 3 aromatic rings. The maximum absolute atomic E-state index is 4.47. The van der Waals surface area contributed by atoms with Crippen molar-refractivity contribution in [3.63, 3.8) is 0 Å². The van der Waals surface area contributed by atoms with Gasteiger partial charge >= 0.3 is 0 Å². The molecule has 0 aliphatic rings. The molecule has 0 saturated carbocycles. The van der Waals surface area contributed by atoms with Gasteiger partial charge in [0.1, 0.15) is 12.1 Å². The molecule has 2 heterocycles. The van der Waals surface area contributed by atoms with Crippen molar-refractivity contribution in [2.24, 2.45) is 0 Å². The number of rotatable bonds is 6. The van der Waals surface area contributed by atoms with Crippen molar-refractivity contribution < 1.29 is 0 Å². The van der Waals surface area contributed by atoms with E-state index in [0.29, 0.717) is 0 Å². The minimum Gasteiger partial charge on any atom is -0.369 e. The second kappa shape index (κ2) is 6.87. The van der Waals surface area contributed by atoms with Crippen LogP contribution in [0, 0.1) is 0 Å². The molecule has 1 aromatic carbocycles. The Morgan fingerprint density at radius 3 is 2.82 bits per heavy atom. The number of aromatic nitrogens is 4. The number of hydrogen-bond acceptors (Lipinski definition) is 4. The van der Waals surface area contributed by atoms with Gasteiger partial charge < -0.3 is 5.32 Å². The Morgan fingerprint density at radius 2 is 2.05 bits per heavy atom. The molecule has 1 atom stereocenters. The van der Waals surface area contributed by atoms with Crippen LogP contribution in [-0.2, 0) is 6.54 Å². The van der Waals surface area contributed by atoms with Crippen molar-refractivity contribution in [3.05, 3.63) is 48.4 Å². The van der Waals surface area contributed by atoms with Crippen molar-refractivity contribution in [1.82, 2.24) is 19.7 Å². The maximum atomic E-state index is 4.47. The van der Waals surface area contributed by atoms with Gasteiger partial charge in [0.05, 0.1) is 23.0 Å². The second-order valence-corrected chi connectivity index (χ2v) is 6.20. The van der Waals surface area contributed by atoms with Gasteiger partial charge in [0.2, 0.25) is 0 Å². The van der Waals surface area contributed by atoms with E-state index in [4.69, 9.17) is 0 Å².